The average Bonchev–Trinajstić information content (AvgIpc) is 3.19. The molecule has 132 valence electrons. The molecule has 7 heteroatoms. The molecule has 3 N–H and O–H groups in total. The molecule has 3 aromatic rings. The van der Waals surface area contributed by atoms with Crippen molar-refractivity contribution in [2.75, 3.05) is 7.05 Å². The fraction of sp³-hybridized carbons (Fsp3) is 0.158. The lowest BCUT2D eigenvalue weighted by atomic mass is 10.1. The van der Waals surface area contributed by atoms with Crippen LogP contribution in [-0.4, -0.2) is 34.0 Å². The van der Waals surface area contributed by atoms with E-state index < -0.39 is 0 Å². The third-order valence-corrected chi connectivity index (χ3v) is 3.82. The lowest BCUT2D eigenvalue weighted by Crippen LogP contribution is -2.25. The monoisotopic (exact) mass is 349 g/mol. The number of pyridine rings is 1. The number of H-pyrrole nitrogens is 1. The van der Waals surface area contributed by atoms with Gasteiger partial charge in [-0.15, -0.1) is 0 Å². The predicted molar refractivity (Wildman–Crippen MR) is 96.6 cm³/mol. The van der Waals surface area contributed by atoms with Crippen LogP contribution in [0.15, 0.2) is 54.7 Å². The molecule has 0 bridgehead atoms. The number of aromatic amines is 1. The van der Waals surface area contributed by atoms with Crippen molar-refractivity contribution in [3.8, 4) is 0 Å². The summed E-state index contributed by atoms with van der Waals surface area (Å²) in [6, 6.07) is 14.8. The first-order valence-corrected chi connectivity index (χ1v) is 8.19. The summed E-state index contributed by atoms with van der Waals surface area (Å²) in [7, 11) is 1.53. The van der Waals surface area contributed by atoms with Crippen LogP contribution >= 0.6 is 0 Å². The van der Waals surface area contributed by atoms with Crippen LogP contribution in [0, 0.1) is 0 Å². The van der Waals surface area contributed by atoms with Gasteiger partial charge in [0.25, 0.3) is 11.8 Å². The number of hydrogen-bond donors (Lipinski definition) is 3. The molecule has 0 radical (unpaired) electrons. The molecule has 3 rings (SSSR count). The average molecular weight is 349 g/mol. The molecule has 2 aromatic heterocycles. The highest BCUT2D eigenvalue weighted by Crippen LogP contribution is 2.12. The Morgan fingerprint density at radius 2 is 1.85 bits per heavy atom. The molecular weight excluding hydrogens is 330 g/mol. The summed E-state index contributed by atoms with van der Waals surface area (Å²) in [5.74, 6) is -0.615. The van der Waals surface area contributed by atoms with E-state index in [0.717, 1.165) is 11.3 Å². The zero-order chi connectivity index (χ0) is 18.4. The van der Waals surface area contributed by atoms with Gasteiger partial charge in [-0.05, 0) is 23.8 Å². The second-order valence-corrected chi connectivity index (χ2v) is 5.72. The van der Waals surface area contributed by atoms with Gasteiger partial charge in [0.15, 0.2) is 0 Å². The number of amides is 2. The Balaban J connectivity index is 1.84. The zero-order valence-corrected chi connectivity index (χ0v) is 14.3. The van der Waals surface area contributed by atoms with Gasteiger partial charge in [0, 0.05) is 30.9 Å². The van der Waals surface area contributed by atoms with E-state index in [0.29, 0.717) is 24.2 Å². The van der Waals surface area contributed by atoms with Gasteiger partial charge in [-0.3, -0.25) is 14.7 Å². The van der Waals surface area contributed by atoms with Crippen molar-refractivity contribution in [2.24, 2.45) is 0 Å². The Kier molecular flexibility index (Phi) is 5.38. The molecule has 7 nitrogen and oxygen atoms in total. The second kappa shape index (κ2) is 8.06. The highest BCUT2D eigenvalue weighted by Gasteiger charge is 2.14. The van der Waals surface area contributed by atoms with Crippen molar-refractivity contribution >= 4 is 11.8 Å². The van der Waals surface area contributed by atoms with Gasteiger partial charge < -0.3 is 10.6 Å². The van der Waals surface area contributed by atoms with Crippen LogP contribution < -0.4 is 10.6 Å². The summed E-state index contributed by atoms with van der Waals surface area (Å²) < 4.78 is 0. The number of aromatic nitrogens is 3. The molecule has 0 spiro atoms. The van der Waals surface area contributed by atoms with E-state index in [-0.39, 0.29) is 17.5 Å². The SMILES string of the molecule is CNC(=O)c1cc(C(=O)NCc2cc[nH]n2)cc(Cc2ccccc2)n1. The topological polar surface area (TPSA) is 99.8 Å². The number of nitrogens with zero attached hydrogens (tertiary/aromatic N) is 2. The number of hydrogen-bond acceptors (Lipinski definition) is 4. The maximum atomic E-state index is 12.5. The minimum Gasteiger partial charge on any atom is -0.354 e. The smallest absolute Gasteiger partial charge is 0.269 e. The van der Waals surface area contributed by atoms with Crippen LogP contribution in [-0.2, 0) is 13.0 Å². The summed E-state index contributed by atoms with van der Waals surface area (Å²) in [5.41, 5.74) is 3.04. The van der Waals surface area contributed by atoms with Crippen LogP contribution in [0.4, 0.5) is 0 Å². The molecule has 0 saturated heterocycles. The molecular formula is C19H19N5O2. The van der Waals surface area contributed by atoms with Crippen molar-refractivity contribution in [3.05, 3.63) is 82.9 Å². The summed E-state index contributed by atoms with van der Waals surface area (Å²) >= 11 is 0. The Hall–Kier alpha value is -3.48. The van der Waals surface area contributed by atoms with Crippen LogP contribution in [0.2, 0.25) is 0 Å². The number of nitrogens with one attached hydrogen (secondary N) is 3. The zero-order valence-electron chi connectivity index (χ0n) is 14.3. The normalized spacial score (nSPS) is 10.3. The summed E-state index contributed by atoms with van der Waals surface area (Å²) in [5, 5.41) is 12.0. The Morgan fingerprint density at radius 1 is 1.04 bits per heavy atom. The minimum absolute atomic E-state index is 0.214. The fourth-order valence-corrected chi connectivity index (χ4v) is 2.52. The molecule has 0 aliphatic heterocycles. The maximum absolute atomic E-state index is 12.5. The number of carbonyl (C=O) groups is 2. The maximum Gasteiger partial charge on any atom is 0.269 e. The van der Waals surface area contributed by atoms with E-state index in [9.17, 15) is 9.59 Å². The van der Waals surface area contributed by atoms with E-state index in [4.69, 9.17) is 0 Å². The van der Waals surface area contributed by atoms with Gasteiger partial charge in [-0.1, -0.05) is 30.3 Å². The molecule has 0 saturated carbocycles. The molecule has 2 amide bonds. The van der Waals surface area contributed by atoms with Crippen molar-refractivity contribution in [3.63, 3.8) is 0 Å². The lowest BCUT2D eigenvalue weighted by molar-refractivity contribution is 0.0950. The van der Waals surface area contributed by atoms with E-state index in [2.05, 4.69) is 25.8 Å². The van der Waals surface area contributed by atoms with Gasteiger partial charge in [0.05, 0.1) is 12.2 Å². The van der Waals surface area contributed by atoms with Gasteiger partial charge in [0.2, 0.25) is 0 Å². The van der Waals surface area contributed by atoms with Crippen molar-refractivity contribution in [2.45, 2.75) is 13.0 Å². The molecule has 0 aliphatic rings. The molecule has 0 unspecified atom stereocenters. The molecule has 0 aliphatic carbocycles. The van der Waals surface area contributed by atoms with Crippen LogP contribution in [0.25, 0.3) is 0 Å². The Bertz CT molecular complexity index is 892. The summed E-state index contributed by atoms with van der Waals surface area (Å²) in [6.45, 7) is 0.300. The van der Waals surface area contributed by atoms with Crippen LogP contribution in [0.5, 0.6) is 0 Å². The van der Waals surface area contributed by atoms with Gasteiger partial charge in [0.1, 0.15) is 5.69 Å². The molecule has 0 fully saturated rings. The largest absolute Gasteiger partial charge is 0.354 e. The third kappa shape index (κ3) is 4.32. The number of benzene rings is 1. The number of carbonyl (C=O) groups excluding carboxylic acids is 2. The van der Waals surface area contributed by atoms with E-state index in [1.54, 1.807) is 18.3 Å². The molecule has 2 heterocycles. The van der Waals surface area contributed by atoms with Crippen molar-refractivity contribution in [1.29, 1.82) is 0 Å². The fourth-order valence-electron chi connectivity index (χ4n) is 2.52. The second-order valence-electron chi connectivity index (χ2n) is 5.72. The van der Waals surface area contributed by atoms with E-state index in [1.165, 1.54) is 13.1 Å². The van der Waals surface area contributed by atoms with Gasteiger partial charge in [-0.25, -0.2) is 4.98 Å². The van der Waals surface area contributed by atoms with Crippen molar-refractivity contribution in [1.82, 2.24) is 25.8 Å². The number of rotatable bonds is 6. The first kappa shape index (κ1) is 17.3. The summed E-state index contributed by atoms with van der Waals surface area (Å²) in [6.07, 6.45) is 2.22. The quantitative estimate of drug-likeness (QED) is 0.630. The minimum atomic E-state index is -0.332. The first-order valence-electron chi connectivity index (χ1n) is 8.19. The Morgan fingerprint density at radius 3 is 2.54 bits per heavy atom. The summed E-state index contributed by atoms with van der Waals surface area (Å²) in [4.78, 5) is 28.9. The van der Waals surface area contributed by atoms with E-state index >= 15 is 0 Å². The Labute approximate surface area is 150 Å². The molecule has 1 aromatic carbocycles. The third-order valence-electron chi connectivity index (χ3n) is 3.82. The highest BCUT2D eigenvalue weighted by atomic mass is 16.2. The van der Waals surface area contributed by atoms with Crippen LogP contribution in [0.3, 0.4) is 0 Å². The van der Waals surface area contributed by atoms with Gasteiger partial charge in [-0.2, -0.15) is 5.10 Å². The first-order chi connectivity index (χ1) is 12.7. The lowest BCUT2D eigenvalue weighted by Gasteiger charge is -2.09. The predicted octanol–water partition coefficient (Wildman–Crippen LogP) is 1.69. The standard InChI is InChI=1S/C19H19N5O2/c1-20-19(26)17-11-14(18(25)21-12-15-7-8-22-24-15)10-16(23-17)9-13-5-3-2-4-6-13/h2-8,10-11H,9,12H2,1H3,(H,20,26)(H,21,25)(H,22,24). The highest BCUT2D eigenvalue weighted by molar-refractivity contribution is 5.98. The molecule has 0 atom stereocenters. The van der Waals surface area contributed by atoms with Gasteiger partial charge >= 0.3 is 0 Å². The van der Waals surface area contributed by atoms with Crippen molar-refractivity contribution < 1.29 is 9.59 Å². The van der Waals surface area contributed by atoms with Crippen LogP contribution in [0.1, 0.15) is 37.8 Å². The molecule has 26 heavy (non-hydrogen) atoms. The van der Waals surface area contributed by atoms with E-state index in [1.807, 2.05) is 30.3 Å².